The summed E-state index contributed by atoms with van der Waals surface area (Å²) >= 11 is 0. The third-order valence-corrected chi connectivity index (χ3v) is 3.04. The van der Waals surface area contributed by atoms with Gasteiger partial charge in [-0.25, -0.2) is 0 Å². The van der Waals surface area contributed by atoms with E-state index in [0.717, 1.165) is 30.2 Å². The van der Waals surface area contributed by atoms with Crippen LogP contribution >= 0.6 is 0 Å². The molecule has 0 aliphatic heterocycles. The molecule has 1 rings (SSSR count). The lowest BCUT2D eigenvalue weighted by Gasteiger charge is -2.16. The Balaban J connectivity index is 2.59. The smallest absolute Gasteiger partial charge is 0.163 e. The quantitative estimate of drug-likeness (QED) is 0.689. The largest absolute Gasteiger partial charge is 0.490 e. The number of anilines is 1. The second kappa shape index (κ2) is 9.48. The first-order valence-corrected chi connectivity index (χ1v) is 7.60. The van der Waals surface area contributed by atoms with Crippen molar-refractivity contribution >= 4 is 5.69 Å². The Morgan fingerprint density at radius 3 is 2.45 bits per heavy atom. The summed E-state index contributed by atoms with van der Waals surface area (Å²) in [5.74, 6) is 1.57. The second-order valence-electron chi connectivity index (χ2n) is 4.81. The Labute approximate surface area is 122 Å². The van der Waals surface area contributed by atoms with Crippen molar-refractivity contribution in [2.75, 3.05) is 25.1 Å². The molecule has 114 valence electrons. The highest BCUT2D eigenvalue weighted by atomic mass is 16.5. The van der Waals surface area contributed by atoms with Crippen molar-refractivity contribution in [2.24, 2.45) is 5.73 Å². The van der Waals surface area contributed by atoms with Crippen LogP contribution in [0.4, 0.5) is 5.69 Å². The number of nitrogens with two attached hydrogens (primary N) is 1. The van der Waals surface area contributed by atoms with E-state index in [1.807, 2.05) is 32.0 Å². The van der Waals surface area contributed by atoms with Crippen LogP contribution in [0.25, 0.3) is 0 Å². The topological polar surface area (TPSA) is 56.5 Å². The highest BCUT2D eigenvalue weighted by Crippen LogP contribution is 2.30. The monoisotopic (exact) mass is 280 g/mol. The molecule has 1 aromatic rings. The van der Waals surface area contributed by atoms with Crippen LogP contribution in [0.5, 0.6) is 11.5 Å². The molecule has 0 saturated carbocycles. The summed E-state index contributed by atoms with van der Waals surface area (Å²) in [5.41, 5.74) is 7.08. The van der Waals surface area contributed by atoms with Crippen molar-refractivity contribution < 1.29 is 9.47 Å². The van der Waals surface area contributed by atoms with E-state index < -0.39 is 0 Å². The summed E-state index contributed by atoms with van der Waals surface area (Å²) in [5, 5.41) is 3.36. The van der Waals surface area contributed by atoms with E-state index in [1.54, 1.807) is 0 Å². The van der Waals surface area contributed by atoms with Gasteiger partial charge >= 0.3 is 0 Å². The number of hydrogen-bond donors (Lipinski definition) is 2. The highest BCUT2D eigenvalue weighted by molar-refractivity contribution is 5.54. The molecule has 1 aromatic carbocycles. The standard InChI is InChI=1S/C16H28N2O2/c1-4-7-8-13(17)12-18-14-9-10-15(19-5-2)16(11-14)20-6-3/h9-11,13,18H,4-8,12,17H2,1-3H3. The van der Waals surface area contributed by atoms with Crippen molar-refractivity contribution in [3.05, 3.63) is 18.2 Å². The Hall–Kier alpha value is -1.42. The molecule has 0 aromatic heterocycles. The number of rotatable bonds is 10. The molecule has 4 heteroatoms. The number of unbranched alkanes of at least 4 members (excludes halogenated alkanes) is 1. The van der Waals surface area contributed by atoms with Crippen LogP contribution in [0, 0.1) is 0 Å². The molecule has 20 heavy (non-hydrogen) atoms. The lowest BCUT2D eigenvalue weighted by Crippen LogP contribution is -2.28. The highest BCUT2D eigenvalue weighted by Gasteiger charge is 2.07. The lowest BCUT2D eigenvalue weighted by molar-refractivity contribution is 0.288. The molecule has 0 fully saturated rings. The van der Waals surface area contributed by atoms with Crippen molar-refractivity contribution in [3.63, 3.8) is 0 Å². The minimum Gasteiger partial charge on any atom is -0.490 e. The molecule has 0 aliphatic carbocycles. The van der Waals surface area contributed by atoms with Gasteiger partial charge in [-0.05, 0) is 32.4 Å². The molecule has 0 bridgehead atoms. The van der Waals surface area contributed by atoms with E-state index >= 15 is 0 Å². The molecule has 3 N–H and O–H groups in total. The van der Waals surface area contributed by atoms with E-state index in [9.17, 15) is 0 Å². The van der Waals surface area contributed by atoms with Gasteiger partial charge in [-0.15, -0.1) is 0 Å². The summed E-state index contributed by atoms with van der Waals surface area (Å²) in [6, 6.07) is 6.10. The van der Waals surface area contributed by atoms with Crippen LogP contribution in [0.3, 0.4) is 0 Å². The zero-order chi connectivity index (χ0) is 14.8. The lowest BCUT2D eigenvalue weighted by atomic mass is 10.1. The molecule has 0 aliphatic rings. The van der Waals surface area contributed by atoms with Crippen molar-refractivity contribution in [3.8, 4) is 11.5 Å². The molecule has 0 amide bonds. The SMILES string of the molecule is CCCCC(N)CNc1ccc(OCC)c(OCC)c1. The maximum absolute atomic E-state index is 6.06. The van der Waals surface area contributed by atoms with Crippen LogP contribution in [0.1, 0.15) is 40.0 Å². The third-order valence-electron chi connectivity index (χ3n) is 3.04. The number of benzene rings is 1. The fourth-order valence-electron chi connectivity index (χ4n) is 1.98. The molecule has 1 unspecified atom stereocenters. The van der Waals surface area contributed by atoms with Crippen molar-refractivity contribution in [2.45, 2.75) is 46.1 Å². The number of nitrogens with one attached hydrogen (secondary N) is 1. The van der Waals surface area contributed by atoms with Crippen molar-refractivity contribution in [1.82, 2.24) is 0 Å². The van der Waals surface area contributed by atoms with E-state index in [-0.39, 0.29) is 6.04 Å². The van der Waals surface area contributed by atoms with Gasteiger partial charge in [0.25, 0.3) is 0 Å². The summed E-state index contributed by atoms with van der Waals surface area (Å²) in [6.45, 7) is 8.15. The summed E-state index contributed by atoms with van der Waals surface area (Å²) in [7, 11) is 0. The van der Waals surface area contributed by atoms with Gasteiger partial charge in [-0.1, -0.05) is 19.8 Å². The van der Waals surface area contributed by atoms with E-state index in [4.69, 9.17) is 15.2 Å². The molecular formula is C16H28N2O2. The predicted molar refractivity (Wildman–Crippen MR) is 84.8 cm³/mol. The summed E-state index contributed by atoms with van der Waals surface area (Å²) < 4.78 is 11.2. The first-order chi connectivity index (χ1) is 9.71. The van der Waals surface area contributed by atoms with Crippen LogP contribution in [0.15, 0.2) is 18.2 Å². The normalized spacial score (nSPS) is 12.0. The van der Waals surface area contributed by atoms with Crippen molar-refractivity contribution in [1.29, 1.82) is 0 Å². The van der Waals surface area contributed by atoms with Crippen LogP contribution < -0.4 is 20.5 Å². The van der Waals surface area contributed by atoms with Gasteiger partial charge in [0.05, 0.1) is 13.2 Å². The number of hydrogen-bond acceptors (Lipinski definition) is 4. The molecule has 0 radical (unpaired) electrons. The fraction of sp³-hybridized carbons (Fsp3) is 0.625. The zero-order valence-corrected chi connectivity index (χ0v) is 12.9. The first-order valence-electron chi connectivity index (χ1n) is 7.60. The Kier molecular flexibility index (Phi) is 7.88. The second-order valence-corrected chi connectivity index (χ2v) is 4.81. The van der Waals surface area contributed by atoms with Gasteiger partial charge in [0.1, 0.15) is 0 Å². The molecule has 0 spiro atoms. The van der Waals surface area contributed by atoms with Gasteiger partial charge < -0.3 is 20.5 Å². The van der Waals surface area contributed by atoms with E-state index in [1.165, 1.54) is 12.8 Å². The first kappa shape index (κ1) is 16.6. The fourth-order valence-corrected chi connectivity index (χ4v) is 1.98. The minimum absolute atomic E-state index is 0.192. The average molecular weight is 280 g/mol. The zero-order valence-electron chi connectivity index (χ0n) is 12.9. The molecule has 4 nitrogen and oxygen atoms in total. The molecule has 0 heterocycles. The van der Waals surface area contributed by atoms with Gasteiger partial charge in [0, 0.05) is 24.3 Å². The van der Waals surface area contributed by atoms with Crippen LogP contribution in [-0.2, 0) is 0 Å². The van der Waals surface area contributed by atoms with E-state index in [2.05, 4.69) is 12.2 Å². The maximum atomic E-state index is 6.06. The van der Waals surface area contributed by atoms with Crippen LogP contribution in [0.2, 0.25) is 0 Å². The van der Waals surface area contributed by atoms with Gasteiger partial charge in [0.15, 0.2) is 11.5 Å². The Morgan fingerprint density at radius 2 is 1.80 bits per heavy atom. The summed E-state index contributed by atoms with van der Waals surface area (Å²) in [6.07, 6.45) is 3.42. The molecular weight excluding hydrogens is 252 g/mol. The maximum Gasteiger partial charge on any atom is 0.163 e. The predicted octanol–water partition coefficient (Wildman–Crippen LogP) is 3.41. The van der Waals surface area contributed by atoms with Gasteiger partial charge in [0.2, 0.25) is 0 Å². The average Bonchev–Trinajstić information content (AvgIpc) is 2.45. The third kappa shape index (κ3) is 5.70. The van der Waals surface area contributed by atoms with E-state index in [0.29, 0.717) is 13.2 Å². The molecule has 1 atom stereocenters. The minimum atomic E-state index is 0.192. The molecule has 0 saturated heterocycles. The van der Waals surface area contributed by atoms with Gasteiger partial charge in [-0.3, -0.25) is 0 Å². The van der Waals surface area contributed by atoms with Gasteiger partial charge in [-0.2, -0.15) is 0 Å². The van der Waals surface area contributed by atoms with Crippen LogP contribution in [-0.4, -0.2) is 25.8 Å². The number of ether oxygens (including phenoxy) is 2. The summed E-state index contributed by atoms with van der Waals surface area (Å²) in [4.78, 5) is 0. The Bertz CT molecular complexity index is 383. The Morgan fingerprint density at radius 1 is 1.10 bits per heavy atom.